The molecule has 7 heteroatoms. The van der Waals surface area contributed by atoms with Crippen LogP contribution in [0.1, 0.15) is 35.3 Å². The highest BCUT2D eigenvalue weighted by molar-refractivity contribution is 6.34. The fraction of sp³-hybridized carbons (Fsp3) is 0.167. The molecule has 0 atom stereocenters. The molecule has 0 saturated heterocycles. The molecule has 0 bridgehead atoms. The number of aromatic nitrogens is 2. The summed E-state index contributed by atoms with van der Waals surface area (Å²) in [5.41, 5.74) is 3.77. The number of ether oxygens (including phenoxy) is 1. The number of H-pyrrole nitrogens is 1. The van der Waals surface area contributed by atoms with Gasteiger partial charge in [-0.05, 0) is 61.7 Å². The Labute approximate surface area is 184 Å². The van der Waals surface area contributed by atoms with Crippen LogP contribution in [0.25, 0.3) is 22.2 Å². The molecule has 0 aliphatic rings. The van der Waals surface area contributed by atoms with Gasteiger partial charge in [-0.3, -0.25) is 0 Å². The molecule has 0 radical (unpaired) electrons. The molecule has 0 amide bonds. The summed E-state index contributed by atoms with van der Waals surface area (Å²) in [7, 11) is 0. The summed E-state index contributed by atoms with van der Waals surface area (Å²) in [5.74, 6) is -0.643. The molecule has 0 saturated carbocycles. The van der Waals surface area contributed by atoms with E-state index in [0.29, 0.717) is 27.4 Å². The first-order valence-electron chi connectivity index (χ1n) is 9.66. The van der Waals surface area contributed by atoms with Crippen molar-refractivity contribution in [2.45, 2.75) is 26.4 Å². The number of halogens is 1. The summed E-state index contributed by atoms with van der Waals surface area (Å²) in [5, 5.41) is 20.0. The van der Waals surface area contributed by atoms with E-state index in [9.17, 15) is 15.0 Å². The first kappa shape index (κ1) is 20.9. The van der Waals surface area contributed by atoms with Gasteiger partial charge in [0.25, 0.3) is 6.01 Å². The van der Waals surface area contributed by atoms with Crippen molar-refractivity contribution < 1.29 is 19.7 Å². The zero-order valence-corrected chi connectivity index (χ0v) is 18.0. The number of aliphatic hydroxyl groups is 1. The number of aromatic amines is 1. The monoisotopic (exact) mass is 436 g/mol. The molecule has 0 aliphatic carbocycles. The molecule has 4 rings (SSSR count). The van der Waals surface area contributed by atoms with Gasteiger partial charge in [0.05, 0.1) is 27.2 Å². The number of aryl methyl sites for hydroxylation is 1. The molecule has 0 unspecified atom stereocenters. The van der Waals surface area contributed by atoms with Crippen LogP contribution in [0.3, 0.4) is 0 Å². The molecular formula is C24H21ClN2O4. The van der Waals surface area contributed by atoms with Gasteiger partial charge >= 0.3 is 5.97 Å². The quantitative estimate of drug-likeness (QED) is 0.361. The lowest BCUT2D eigenvalue weighted by molar-refractivity contribution is 0.0695. The van der Waals surface area contributed by atoms with Crippen molar-refractivity contribution in [3.05, 3.63) is 76.3 Å². The van der Waals surface area contributed by atoms with Gasteiger partial charge in [0, 0.05) is 5.56 Å². The number of carboxylic acids is 1. The Morgan fingerprint density at radius 1 is 1.10 bits per heavy atom. The minimum atomic E-state index is -1.01. The highest BCUT2D eigenvalue weighted by atomic mass is 35.5. The summed E-state index contributed by atoms with van der Waals surface area (Å²) in [6.07, 6.45) is 0. The van der Waals surface area contributed by atoms with Crippen molar-refractivity contribution in [3.63, 3.8) is 0 Å². The molecule has 0 fully saturated rings. The van der Waals surface area contributed by atoms with E-state index in [0.717, 1.165) is 16.7 Å². The third kappa shape index (κ3) is 4.26. The van der Waals surface area contributed by atoms with E-state index in [1.54, 1.807) is 39.0 Å². The lowest BCUT2D eigenvalue weighted by Crippen LogP contribution is -2.14. The first-order chi connectivity index (χ1) is 14.6. The third-order valence-electron chi connectivity index (χ3n) is 5.11. The van der Waals surface area contributed by atoms with Gasteiger partial charge in [0.1, 0.15) is 5.75 Å². The summed E-state index contributed by atoms with van der Waals surface area (Å²) in [6, 6.07) is 16.3. The normalized spacial score (nSPS) is 11.6. The number of rotatable bonds is 5. The van der Waals surface area contributed by atoms with Crippen molar-refractivity contribution in [1.29, 1.82) is 0 Å². The van der Waals surface area contributed by atoms with Crippen LogP contribution in [-0.2, 0) is 5.60 Å². The van der Waals surface area contributed by atoms with E-state index < -0.39 is 11.6 Å². The second kappa shape index (κ2) is 7.72. The number of hydrogen-bond donors (Lipinski definition) is 3. The summed E-state index contributed by atoms with van der Waals surface area (Å²) in [4.78, 5) is 18.9. The number of hydrogen-bond acceptors (Lipinski definition) is 4. The maximum Gasteiger partial charge on any atom is 0.336 e. The summed E-state index contributed by atoms with van der Waals surface area (Å²) < 4.78 is 5.75. The minimum Gasteiger partial charge on any atom is -0.478 e. The molecule has 3 aromatic carbocycles. The van der Waals surface area contributed by atoms with E-state index in [1.165, 1.54) is 6.07 Å². The first-order valence-corrected chi connectivity index (χ1v) is 10.0. The van der Waals surface area contributed by atoms with Crippen LogP contribution in [0.2, 0.25) is 5.02 Å². The van der Waals surface area contributed by atoms with Crippen LogP contribution in [0.15, 0.2) is 54.6 Å². The number of fused-ring (bicyclic) bond motifs is 1. The van der Waals surface area contributed by atoms with Gasteiger partial charge in [0.15, 0.2) is 0 Å². The molecule has 6 nitrogen and oxygen atoms in total. The van der Waals surface area contributed by atoms with Crippen LogP contribution in [-0.4, -0.2) is 26.2 Å². The average molecular weight is 437 g/mol. The van der Waals surface area contributed by atoms with Gasteiger partial charge in [0.2, 0.25) is 0 Å². The van der Waals surface area contributed by atoms with E-state index in [1.807, 2.05) is 30.3 Å². The highest BCUT2D eigenvalue weighted by Gasteiger charge is 2.17. The van der Waals surface area contributed by atoms with Gasteiger partial charge in [-0.25, -0.2) is 4.79 Å². The number of nitrogens with zero attached hydrogens (tertiary/aromatic N) is 1. The Morgan fingerprint density at radius 3 is 2.45 bits per heavy atom. The lowest BCUT2D eigenvalue weighted by atomic mass is 9.95. The van der Waals surface area contributed by atoms with Crippen molar-refractivity contribution in [2.75, 3.05) is 0 Å². The predicted octanol–water partition coefficient (Wildman–Crippen LogP) is 5.91. The number of aromatic carboxylic acids is 1. The van der Waals surface area contributed by atoms with Crippen LogP contribution in [0.4, 0.5) is 0 Å². The SMILES string of the molecule is Cc1ccc(Oc2nc3cc(-c4ccc(C(C)(C)O)cc4)c(Cl)cc3[nH]2)cc1C(=O)O. The standard InChI is InChI=1S/C24H21ClN2O4/c1-13-4-9-16(10-17(13)22(28)29)31-23-26-20-11-18(19(25)12-21(20)27-23)14-5-7-15(8-6-14)24(2,3)30/h4-12,30H,1-3H3,(H,26,27)(H,28,29). The number of benzene rings is 3. The van der Waals surface area contributed by atoms with Crippen LogP contribution in [0.5, 0.6) is 11.8 Å². The molecule has 0 aliphatic heterocycles. The van der Waals surface area contributed by atoms with Crippen molar-refractivity contribution in [3.8, 4) is 22.9 Å². The topological polar surface area (TPSA) is 95.4 Å². The predicted molar refractivity (Wildman–Crippen MR) is 120 cm³/mol. The van der Waals surface area contributed by atoms with Crippen molar-refractivity contribution in [2.24, 2.45) is 0 Å². The highest BCUT2D eigenvalue weighted by Crippen LogP contribution is 2.34. The van der Waals surface area contributed by atoms with Crippen LogP contribution < -0.4 is 4.74 Å². The third-order valence-corrected chi connectivity index (χ3v) is 5.42. The minimum absolute atomic E-state index is 0.174. The molecule has 1 heterocycles. The van der Waals surface area contributed by atoms with Gasteiger partial charge in [-0.1, -0.05) is 41.9 Å². The Kier molecular flexibility index (Phi) is 5.21. The molecular weight excluding hydrogens is 416 g/mol. The maximum atomic E-state index is 11.3. The van der Waals surface area contributed by atoms with Crippen LogP contribution >= 0.6 is 11.6 Å². The summed E-state index contributed by atoms with van der Waals surface area (Å²) >= 11 is 6.51. The molecule has 31 heavy (non-hydrogen) atoms. The van der Waals surface area contributed by atoms with Crippen molar-refractivity contribution >= 4 is 28.6 Å². The average Bonchev–Trinajstić information content (AvgIpc) is 3.09. The van der Waals surface area contributed by atoms with Gasteiger partial charge in [-0.2, -0.15) is 4.98 Å². The number of imidazole rings is 1. The Morgan fingerprint density at radius 2 is 1.81 bits per heavy atom. The largest absolute Gasteiger partial charge is 0.478 e. The lowest BCUT2D eigenvalue weighted by Gasteiger charge is -2.18. The van der Waals surface area contributed by atoms with Crippen molar-refractivity contribution in [1.82, 2.24) is 9.97 Å². The molecule has 1 aromatic heterocycles. The summed E-state index contributed by atoms with van der Waals surface area (Å²) in [6.45, 7) is 5.20. The van der Waals surface area contributed by atoms with E-state index in [-0.39, 0.29) is 11.6 Å². The smallest absolute Gasteiger partial charge is 0.336 e. The Hall–Kier alpha value is -3.35. The fourth-order valence-electron chi connectivity index (χ4n) is 3.34. The second-order valence-corrected chi connectivity index (χ2v) is 8.32. The maximum absolute atomic E-state index is 11.3. The van der Waals surface area contributed by atoms with E-state index >= 15 is 0 Å². The number of carbonyl (C=O) groups is 1. The number of nitrogens with one attached hydrogen (secondary N) is 1. The van der Waals surface area contributed by atoms with Crippen LogP contribution in [0, 0.1) is 6.92 Å². The van der Waals surface area contributed by atoms with Gasteiger partial charge in [-0.15, -0.1) is 0 Å². The molecule has 0 spiro atoms. The van der Waals surface area contributed by atoms with E-state index in [2.05, 4.69) is 9.97 Å². The molecule has 4 aromatic rings. The van der Waals surface area contributed by atoms with E-state index in [4.69, 9.17) is 16.3 Å². The zero-order valence-electron chi connectivity index (χ0n) is 17.2. The number of carboxylic acid groups (broad SMARTS) is 1. The Bertz CT molecular complexity index is 1290. The zero-order chi connectivity index (χ0) is 22.3. The fourth-order valence-corrected chi connectivity index (χ4v) is 3.61. The second-order valence-electron chi connectivity index (χ2n) is 7.91. The van der Waals surface area contributed by atoms with Gasteiger partial charge < -0.3 is 19.9 Å². The molecule has 158 valence electrons. The molecule has 3 N–H and O–H groups in total. The Balaban J connectivity index is 1.66.